The Bertz CT molecular complexity index is 953. The first-order valence-corrected chi connectivity index (χ1v) is 9.53. The van der Waals surface area contributed by atoms with E-state index in [-0.39, 0.29) is 29.9 Å². The van der Waals surface area contributed by atoms with E-state index in [0.29, 0.717) is 37.2 Å². The molecule has 1 aromatic heterocycles. The van der Waals surface area contributed by atoms with Crippen molar-refractivity contribution in [3.8, 4) is 0 Å². The third-order valence-electron chi connectivity index (χ3n) is 4.96. The fraction of sp³-hybridized carbons (Fsp3) is 0.300. The number of amides is 3. The Hall–Kier alpha value is -3.82. The van der Waals surface area contributed by atoms with Gasteiger partial charge in [-0.15, -0.1) is 0 Å². The van der Waals surface area contributed by atoms with E-state index < -0.39 is 17.8 Å². The zero-order chi connectivity index (χ0) is 21.1. The standard InChI is InChI=1S/C20H19N5O5/c26-16(23-10-12-24(13-11-23)20-21-8-3-9-22-20)6-7-17(27)30-25-18(28)14-4-1-2-5-15(14)19(25)29/h1-5,8-9H,6-7,10-13H2. The lowest BCUT2D eigenvalue weighted by atomic mass is 10.1. The van der Waals surface area contributed by atoms with E-state index in [1.54, 1.807) is 35.5 Å². The second-order valence-electron chi connectivity index (χ2n) is 6.83. The normalized spacial score (nSPS) is 15.9. The molecule has 0 saturated carbocycles. The number of imide groups is 1. The van der Waals surface area contributed by atoms with Crippen LogP contribution in [0.3, 0.4) is 0 Å². The number of rotatable bonds is 5. The van der Waals surface area contributed by atoms with Crippen LogP contribution in [0.4, 0.5) is 5.95 Å². The van der Waals surface area contributed by atoms with E-state index >= 15 is 0 Å². The molecule has 3 heterocycles. The van der Waals surface area contributed by atoms with Crippen molar-refractivity contribution in [2.45, 2.75) is 12.8 Å². The van der Waals surface area contributed by atoms with Crippen LogP contribution in [0.25, 0.3) is 0 Å². The molecule has 3 amide bonds. The number of carbonyl (C=O) groups is 4. The quantitative estimate of drug-likeness (QED) is 0.662. The van der Waals surface area contributed by atoms with Crippen molar-refractivity contribution in [1.82, 2.24) is 19.9 Å². The molecular formula is C20H19N5O5. The largest absolute Gasteiger partial charge is 0.339 e. The van der Waals surface area contributed by atoms with E-state index in [1.807, 2.05) is 4.90 Å². The molecule has 4 rings (SSSR count). The monoisotopic (exact) mass is 409 g/mol. The Morgan fingerprint density at radius 1 is 0.867 bits per heavy atom. The molecule has 2 aliphatic rings. The van der Waals surface area contributed by atoms with Gasteiger partial charge in [-0.2, -0.15) is 0 Å². The summed E-state index contributed by atoms with van der Waals surface area (Å²) in [6, 6.07) is 7.97. The van der Waals surface area contributed by atoms with Gasteiger partial charge in [-0.25, -0.2) is 14.8 Å². The molecular weight excluding hydrogens is 390 g/mol. The summed E-state index contributed by atoms with van der Waals surface area (Å²) in [6.07, 6.45) is 3.04. The highest BCUT2D eigenvalue weighted by Crippen LogP contribution is 2.23. The lowest BCUT2D eigenvalue weighted by molar-refractivity contribution is -0.169. The highest BCUT2D eigenvalue weighted by atomic mass is 16.7. The second-order valence-corrected chi connectivity index (χ2v) is 6.83. The van der Waals surface area contributed by atoms with Gasteiger partial charge in [0, 0.05) is 45.0 Å². The third-order valence-corrected chi connectivity index (χ3v) is 4.96. The van der Waals surface area contributed by atoms with Gasteiger partial charge >= 0.3 is 5.97 Å². The van der Waals surface area contributed by atoms with Crippen molar-refractivity contribution < 1.29 is 24.0 Å². The molecule has 2 aliphatic heterocycles. The predicted molar refractivity (Wildman–Crippen MR) is 103 cm³/mol. The molecule has 30 heavy (non-hydrogen) atoms. The summed E-state index contributed by atoms with van der Waals surface area (Å²) >= 11 is 0. The number of hydrogen-bond acceptors (Lipinski definition) is 8. The number of carbonyl (C=O) groups excluding carboxylic acids is 4. The molecule has 154 valence electrons. The fourth-order valence-electron chi connectivity index (χ4n) is 3.37. The molecule has 0 aliphatic carbocycles. The molecule has 0 bridgehead atoms. The number of fused-ring (bicyclic) bond motifs is 1. The van der Waals surface area contributed by atoms with Crippen molar-refractivity contribution in [1.29, 1.82) is 0 Å². The smallest absolute Gasteiger partial charge is 0.333 e. The maximum atomic E-state index is 12.4. The number of aromatic nitrogens is 2. The molecule has 0 atom stereocenters. The molecule has 1 aromatic carbocycles. The number of hydrogen-bond donors (Lipinski definition) is 0. The van der Waals surface area contributed by atoms with E-state index in [9.17, 15) is 19.2 Å². The minimum atomic E-state index is -0.811. The average Bonchev–Trinajstić information content (AvgIpc) is 3.03. The summed E-state index contributed by atoms with van der Waals surface area (Å²) in [5.74, 6) is -1.75. The average molecular weight is 409 g/mol. The van der Waals surface area contributed by atoms with Crippen molar-refractivity contribution >= 4 is 29.6 Å². The van der Waals surface area contributed by atoms with Crippen molar-refractivity contribution in [2.75, 3.05) is 31.1 Å². The maximum Gasteiger partial charge on any atom is 0.333 e. The van der Waals surface area contributed by atoms with Gasteiger partial charge in [0.15, 0.2) is 0 Å². The molecule has 1 fully saturated rings. The van der Waals surface area contributed by atoms with Crippen molar-refractivity contribution in [3.05, 3.63) is 53.9 Å². The maximum absolute atomic E-state index is 12.4. The number of hydroxylamine groups is 2. The Morgan fingerprint density at radius 3 is 2.07 bits per heavy atom. The second kappa shape index (κ2) is 8.27. The van der Waals surface area contributed by atoms with Gasteiger partial charge in [-0.1, -0.05) is 17.2 Å². The first kappa shape index (κ1) is 19.5. The Labute approximate surface area is 172 Å². The van der Waals surface area contributed by atoms with Crippen LogP contribution in [-0.2, 0) is 14.4 Å². The summed E-state index contributed by atoms with van der Waals surface area (Å²) in [4.78, 5) is 65.9. The van der Waals surface area contributed by atoms with Gasteiger partial charge < -0.3 is 14.6 Å². The molecule has 10 heteroatoms. The number of anilines is 1. The van der Waals surface area contributed by atoms with E-state index in [0.717, 1.165) is 0 Å². The van der Waals surface area contributed by atoms with E-state index in [4.69, 9.17) is 4.84 Å². The molecule has 0 unspecified atom stereocenters. The van der Waals surface area contributed by atoms with Gasteiger partial charge in [-0.3, -0.25) is 14.4 Å². The zero-order valence-electron chi connectivity index (χ0n) is 16.1. The van der Waals surface area contributed by atoms with Gasteiger partial charge in [0.05, 0.1) is 17.5 Å². The predicted octanol–water partition coefficient (Wildman–Crippen LogP) is 0.660. The zero-order valence-corrected chi connectivity index (χ0v) is 16.1. The van der Waals surface area contributed by atoms with Crippen LogP contribution in [0.5, 0.6) is 0 Å². The first-order valence-electron chi connectivity index (χ1n) is 9.53. The molecule has 0 radical (unpaired) electrons. The summed E-state index contributed by atoms with van der Waals surface area (Å²) in [5, 5.41) is 0.454. The minimum absolute atomic E-state index is 0.0656. The third kappa shape index (κ3) is 3.84. The van der Waals surface area contributed by atoms with Gasteiger partial charge in [0.1, 0.15) is 0 Å². The Morgan fingerprint density at radius 2 is 1.47 bits per heavy atom. The van der Waals surface area contributed by atoms with Crippen LogP contribution in [0.2, 0.25) is 0 Å². The molecule has 0 spiro atoms. The molecule has 10 nitrogen and oxygen atoms in total. The van der Waals surface area contributed by atoms with Crippen LogP contribution in [0, 0.1) is 0 Å². The van der Waals surface area contributed by atoms with Crippen LogP contribution >= 0.6 is 0 Å². The lowest BCUT2D eigenvalue weighted by Crippen LogP contribution is -2.49. The molecule has 2 aromatic rings. The lowest BCUT2D eigenvalue weighted by Gasteiger charge is -2.34. The summed E-state index contributed by atoms with van der Waals surface area (Å²) in [7, 11) is 0. The minimum Gasteiger partial charge on any atom is -0.339 e. The number of piperazine rings is 1. The van der Waals surface area contributed by atoms with Gasteiger partial charge in [0.25, 0.3) is 11.8 Å². The van der Waals surface area contributed by atoms with Crippen molar-refractivity contribution in [2.24, 2.45) is 0 Å². The fourth-order valence-corrected chi connectivity index (χ4v) is 3.37. The Kier molecular flexibility index (Phi) is 5.38. The molecule has 1 saturated heterocycles. The molecule has 0 N–H and O–H groups in total. The van der Waals surface area contributed by atoms with Gasteiger partial charge in [0.2, 0.25) is 11.9 Å². The highest BCUT2D eigenvalue weighted by molar-refractivity contribution is 6.20. The summed E-state index contributed by atoms with van der Waals surface area (Å²) < 4.78 is 0. The number of benzene rings is 1. The highest BCUT2D eigenvalue weighted by Gasteiger charge is 2.38. The van der Waals surface area contributed by atoms with Crippen LogP contribution in [-0.4, -0.2) is 69.8 Å². The van der Waals surface area contributed by atoms with Gasteiger partial charge in [-0.05, 0) is 18.2 Å². The van der Waals surface area contributed by atoms with Crippen LogP contribution < -0.4 is 4.90 Å². The van der Waals surface area contributed by atoms with Crippen LogP contribution in [0.15, 0.2) is 42.7 Å². The summed E-state index contributed by atoms with van der Waals surface area (Å²) in [6.45, 7) is 2.17. The van der Waals surface area contributed by atoms with Crippen molar-refractivity contribution in [3.63, 3.8) is 0 Å². The van der Waals surface area contributed by atoms with Crippen LogP contribution in [0.1, 0.15) is 33.6 Å². The van der Waals surface area contributed by atoms with E-state index in [1.165, 1.54) is 12.1 Å². The number of nitrogens with zero attached hydrogens (tertiary/aromatic N) is 5. The SMILES string of the molecule is O=C(CCC(=O)N1CCN(c2ncccn2)CC1)ON1C(=O)c2ccccc2C1=O. The van der Waals surface area contributed by atoms with E-state index in [2.05, 4.69) is 9.97 Å². The Balaban J connectivity index is 1.24. The topological polar surface area (TPSA) is 113 Å². The first-order chi connectivity index (χ1) is 14.5. The summed E-state index contributed by atoms with van der Waals surface area (Å²) in [5.41, 5.74) is 0.373.